The van der Waals surface area contributed by atoms with E-state index in [1.54, 1.807) is 7.05 Å². The van der Waals surface area contributed by atoms with Crippen LogP contribution in [0.1, 0.15) is 18.7 Å². The van der Waals surface area contributed by atoms with Gasteiger partial charge in [-0.3, -0.25) is 9.69 Å². The topological polar surface area (TPSA) is 63.9 Å². The number of nitrogens with zero attached hydrogens (tertiary/aromatic N) is 5. The fourth-order valence-corrected chi connectivity index (χ4v) is 1.55. The van der Waals surface area contributed by atoms with Crippen LogP contribution in [0, 0.1) is 0 Å². The van der Waals surface area contributed by atoms with E-state index in [9.17, 15) is 4.79 Å². The molecule has 0 atom stereocenters. The van der Waals surface area contributed by atoms with Crippen molar-refractivity contribution in [1.29, 1.82) is 0 Å². The fraction of sp³-hybridized carbons (Fsp3) is 0.750. The molecule has 14 heavy (non-hydrogen) atoms. The lowest BCUT2D eigenvalue weighted by molar-refractivity contribution is -0.121. The maximum Gasteiger partial charge on any atom is 0.188 e. The zero-order chi connectivity index (χ0) is 9.97. The van der Waals surface area contributed by atoms with Crippen molar-refractivity contribution in [3.63, 3.8) is 0 Å². The quantitative estimate of drug-likeness (QED) is 0.629. The first-order valence-corrected chi connectivity index (χ1v) is 4.71. The first-order valence-electron chi connectivity index (χ1n) is 4.71. The highest BCUT2D eigenvalue weighted by molar-refractivity contribution is 5.79. The van der Waals surface area contributed by atoms with E-state index >= 15 is 0 Å². The molecule has 1 saturated heterocycles. The summed E-state index contributed by atoms with van der Waals surface area (Å²) in [6, 6.07) is 0. The normalized spacial score (nSPS) is 18.8. The minimum absolute atomic E-state index is 0.355. The Balaban J connectivity index is 1.89. The van der Waals surface area contributed by atoms with Crippen molar-refractivity contribution in [3.8, 4) is 0 Å². The van der Waals surface area contributed by atoms with E-state index in [1.165, 1.54) is 4.80 Å². The molecule has 6 heteroatoms. The summed E-state index contributed by atoms with van der Waals surface area (Å²) in [5, 5.41) is 11.8. The molecule has 0 spiro atoms. The van der Waals surface area contributed by atoms with Crippen molar-refractivity contribution in [1.82, 2.24) is 25.1 Å². The number of aryl methyl sites for hydroxylation is 1. The highest BCUT2D eigenvalue weighted by Crippen LogP contribution is 2.07. The van der Waals surface area contributed by atoms with Crippen molar-refractivity contribution in [2.24, 2.45) is 7.05 Å². The summed E-state index contributed by atoms with van der Waals surface area (Å²) >= 11 is 0. The van der Waals surface area contributed by atoms with Crippen LogP contribution in [0.25, 0.3) is 0 Å². The molecule has 2 rings (SSSR count). The SMILES string of the molecule is Cn1nnc(CN2CCC(=O)CC2)n1. The van der Waals surface area contributed by atoms with E-state index in [4.69, 9.17) is 0 Å². The van der Waals surface area contributed by atoms with Crippen LogP contribution in [0.5, 0.6) is 0 Å². The Labute approximate surface area is 81.9 Å². The van der Waals surface area contributed by atoms with E-state index in [1.807, 2.05) is 0 Å². The Hall–Kier alpha value is -1.30. The highest BCUT2D eigenvalue weighted by Gasteiger charge is 2.17. The van der Waals surface area contributed by atoms with Gasteiger partial charge in [0, 0.05) is 25.9 Å². The van der Waals surface area contributed by atoms with Gasteiger partial charge in [-0.2, -0.15) is 4.80 Å². The van der Waals surface area contributed by atoms with Gasteiger partial charge >= 0.3 is 0 Å². The van der Waals surface area contributed by atoms with Crippen LogP contribution in [0.15, 0.2) is 0 Å². The van der Waals surface area contributed by atoms with Gasteiger partial charge in [0.15, 0.2) is 5.82 Å². The minimum Gasteiger partial charge on any atom is -0.300 e. The van der Waals surface area contributed by atoms with Crippen molar-refractivity contribution in [2.75, 3.05) is 13.1 Å². The van der Waals surface area contributed by atoms with Gasteiger partial charge in [-0.25, -0.2) is 0 Å². The zero-order valence-electron chi connectivity index (χ0n) is 8.18. The van der Waals surface area contributed by atoms with E-state index in [0.717, 1.165) is 18.9 Å². The number of carbonyl (C=O) groups excluding carboxylic acids is 1. The van der Waals surface area contributed by atoms with E-state index < -0.39 is 0 Å². The molecule has 1 aliphatic heterocycles. The Morgan fingerprint density at radius 3 is 2.64 bits per heavy atom. The van der Waals surface area contributed by atoms with Crippen LogP contribution in [-0.2, 0) is 18.4 Å². The molecule has 1 aliphatic rings. The smallest absolute Gasteiger partial charge is 0.188 e. The number of tetrazole rings is 1. The molecule has 1 aromatic rings. The maximum atomic E-state index is 11.0. The number of piperidine rings is 1. The van der Waals surface area contributed by atoms with Crippen molar-refractivity contribution in [2.45, 2.75) is 19.4 Å². The largest absolute Gasteiger partial charge is 0.300 e. The average Bonchev–Trinajstić information content (AvgIpc) is 2.56. The molecule has 1 aromatic heterocycles. The molecule has 0 N–H and O–H groups in total. The Bertz CT molecular complexity index is 324. The molecule has 2 heterocycles. The predicted octanol–water partition coefficient (Wildman–Crippen LogP) is -0.625. The van der Waals surface area contributed by atoms with E-state index in [2.05, 4.69) is 20.3 Å². The summed E-state index contributed by atoms with van der Waals surface area (Å²) in [4.78, 5) is 14.6. The third-order valence-electron chi connectivity index (χ3n) is 2.33. The van der Waals surface area contributed by atoms with E-state index in [0.29, 0.717) is 25.2 Å². The molecule has 0 saturated carbocycles. The molecule has 6 nitrogen and oxygen atoms in total. The van der Waals surface area contributed by atoms with Gasteiger partial charge < -0.3 is 0 Å². The Kier molecular flexibility index (Phi) is 2.53. The standard InChI is InChI=1S/C8H13N5O/c1-12-10-8(9-11-12)6-13-4-2-7(14)3-5-13/h2-6H2,1H3. The fourth-order valence-electron chi connectivity index (χ4n) is 1.55. The third kappa shape index (κ3) is 2.14. The lowest BCUT2D eigenvalue weighted by Crippen LogP contribution is -2.33. The number of carbonyl (C=O) groups is 1. The van der Waals surface area contributed by atoms with E-state index in [-0.39, 0.29) is 0 Å². The van der Waals surface area contributed by atoms with Crippen LogP contribution in [0.4, 0.5) is 0 Å². The number of likely N-dealkylation sites (tertiary alicyclic amines) is 1. The molecule has 0 radical (unpaired) electrons. The molecular weight excluding hydrogens is 182 g/mol. The number of Topliss-reactive ketones (excluding diaryl/α,β-unsaturated/α-hetero) is 1. The predicted molar refractivity (Wildman–Crippen MR) is 48.3 cm³/mol. The molecule has 1 fully saturated rings. The summed E-state index contributed by atoms with van der Waals surface area (Å²) in [5.41, 5.74) is 0. The molecule has 0 unspecified atom stereocenters. The first-order chi connectivity index (χ1) is 6.74. The second-order valence-corrected chi connectivity index (χ2v) is 3.51. The van der Waals surface area contributed by atoms with Gasteiger partial charge in [0.2, 0.25) is 0 Å². The number of ketones is 1. The second-order valence-electron chi connectivity index (χ2n) is 3.51. The lowest BCUT2D eigenvalue weighted by Gasteiger charge is -2.23. The zero-order valence-corrected chi connectivity index (χ0v) is 8.18. The van der Waals surface area contributed by atoms with Gasteiger partial charge in [0.1, 0.15) is 5.78 Å². The summed E-state index contributed by atoms with van der Waals surface area (Å²) in [5.74, 6) is 1.08. The van der Waals surface area contributed by atoms with Crippen molar-refractivity contribution >= 4 is 5.78 Å². The highest BCUT2D eigenvalue weighted by atomic mass is 16.1. The summed E-state index contributed by atoms with van der Waals surface area (Å²) in [7, 11) is 1.75. The summed E-state index contributed by atoms with van der Waals surface area (Å²) in [6.07, 6.45) is 1.31. The van der Waals surface area contributed by atoms with Crippen LogP contribution in [-0.4, -0.2) is 44.0 Å². The molecule has 0 aliphatic carbocycles. The van der Waals surface area contributed by atoms with Gasteiger partial charge in [-0.15, -0.1) is 10.2 Å². The lowest BCUT2D eigenvalue weighted by atomic mass is 10.1. The average molecular weight is 195 g/mol. The van der Waals surface area contributed by atoms with Gasteiger partial charge in [-0.05, 0) is 5.21 Å². The van der Waals surface area contributed by atoms with Crippen LogP contribution < -0.4 is 0 Å². The molecule has 0 amide bonds. The van der Waals surface area contributed by atoms with Crippen LogP contribution in [0.3, 0.4) is 0 Å². The first kappa shape index (κ1) is 9.26. The third-order valence-corrected chi connectivity index (χ3v) is 2.33. The Morgan fingerprint density at radius 1 is 1.36 bits per heavy atom. The molecule has 76 valence electrons. The summed E-state index contributed by atoms with van der Waals surface area (Å²) < 4.78 is 0. The number of hydrogen-bond donors (Lipinski definition) is 0. The minimum atomic E-state index is 0.355. The summed E-state index contributed by atoms with van der Waals surface area (Å²) in [6.45, 7) is 2.33. The second kappa shape index (κ2) is 3.83. The Morgan fingerprint density at radius 2 is 2.07 bits per heavy atom. The van der Waals surface area contributed by atoms with Crippen molar-refractivity contribution < 1.29 is 4.79 Å². The number of aromatic nitrogens is 4. The van der Waals surface area contributed by atoms with Gasteiger partial charge in [0.05, 0.1) is 13.6 Å². The van der Waals surface area contributed by atoms with Crippen LogP contribution >= 0.6 is 0 Å². The van der Waals surface area contributed by atoms with Crippen molar-refractivity contribution in [3.05, 3.63) is 5.82 Å². The van der Waals surface area contributed by atoms with Gasteiger partial charge in [-0.1, -0.05) is 0 Å². The number of hydrogen-bond acceptors (Lipinski definition) is 5. The number of rotatable bonds is 2. The maximum absolute atomic E-state index is 11.0. The molecular formula is C8H13N5O. The van der Waals surface area contributed by atoms with Crippen LogP contribution in [0.2, 0.25) is 0 Å². The monoisotopic (exact) mass is 195 g/mol. The molecule has 0 aromatic carbocycles. The van der Waals surface area contributed by atoms with Gasteiger partial charge in [0.25, 0.3) is 0 Å². The molecule has 0 bridgehead atoms.